The highest BCUT2D eigenvalue weighted by molar-refractivity contribution is 7.80. The van der Waals surface area contributed by atoms with Gasteiger partial charge in [-0.2, -0.15) is 0 Å². The molecule has 5 aliphatic rings. The molecule has 4 saturated carbocycles. The Morgan fingerprint density at radius 3 is 2.26 bits per heavy atom. The number of ether oxygens (including phenoxy) is 1. The van der Waals surface area contributed by atoms with Gasteiger partial charge in [-0.1, -0.05) is 30.3 Å². The number of amides is 2. The molecule has 4 bridgehead atoms. The van der Waals surface area contributed by atoms with E-state index in [1.165, 1.54) is 31.2 Å². The predicted octanol–water partition coefficient (Wildman–Crippen LogP) is 2.95. The number of nitrogens with zero attached hydrogens (tertiary/aromatic N) is 1. The Morgan fingerprint density at radius 2 is 1.68 bits per heavy atom. The Kier molecular flexibility index (Phi) is 4.92. The zero-order chi connectivity index (χ0) is 21.8. The van der Waals surface area contributed by atoms with Crippen molar-refractivity contribution in [1.29, 1.82) is 0 Å². The second-order valence-corrected chi connectivity index (χ2v) is 10.5. The van der Waals surface area contributed by atoms with Gasteiger partial charge in [0, 0.05) is 12.5 Å². The van der Waals surface area contributed by atoms with Crippen LogP contribution in [-0.4, -0.2) is 41.5 Å². The van der Waals surface area contributed by atoms with E-state index in [9.17, 15) is 14.4 Å². The average molecular weight is 441 g/mol. The summed E-state index contributed by atoms with van der Waals surface area (Å²) in [6.07, 6.45) is 7.04. The number of benzene rings is 1. The molecular weight excluding hydrogens is 412 g/mol. The first kappa shape index (κ1) is 20.6. The quantitative estimate of drug-likeness (QED) is 0.433. The molecule has 0 aromatic heterocycles. The molecule has 1 N–H and O–H groups in total. The third-order valence-electron chi connectivity index (χ3n) is 7.96. The van der Waals surface area contributed by atoms with Gasteiger partial charge in [-0.15, -0.1) is 0 Å². The van der Waals surface area contributed by atoms with Crippen LogP contribution in [0.15, 0.2) is 30.3 Å². The summed E-state index contributed by atoms with van der Waals surface area (Å²) >= 11 is 5.11. The first-order valence-corrected chi connectivity index (χ1v) is 11.6. The highest BCUT2D eigenvalue weighted by Crippen LogP contribution is 2.60. The minimum atomic E-state index is -1.67. The average Bonchev–Trinajstić information content (AvgIpc) is 2.74. The summed E-state index contributed by atoms with van der Waals surface area (Å²) in [5, 5.41) is 2.64. The molecular formula is C24H28N2O4S. The lowest BCUT2D eigenvalue weighted by molar-refractivity contribution is -0.161. The van der Waals surface area contributed by atoms with Crippen molar-refractivity contribution in [3.8, 4) is 0 Å². The third kappa shape index (κ3) is 3.37. The van der Waals surface area contributed by atoms with Gasteiger partial charge < -0.3 is 10.1 Å². The van der Waals surface area contributed by atoms with Crippen LogP contribution in [-0.2, 0) is 24.5 Å². The summed E-state index contributed by atoms with van der Waals surface area (Å²) in [6, 6.07) is 8.72. The van der Waals surface area contributed by atoms with Crippen molar-refractivity contribution in [1.82, 2.24) is 10.2 Å². The van der Waals surface area contributed by atoms with Gasteiger partial charge in [-0.3, -0.25) is 19.3 Å². The smallest absolute Gasteiger partial charge is 0.307 e. The number of carbonyl (C=O) groups is 3. The maximum atomic E-state index is 13.3. The molecule has 31 heavy (non-hydrogen) atoms. The number of hydrogen-bond donors (Lipinski definition) is 1. The number of rotatable bonds is 5. The normalized spacial score (nSPS) is 36.5. The number of nitrogens with one attached hydrogen (secondary N) is 1. The summed E-state index contributed by atoms with van der Waals surface area (Å²) in [5.41, 5.74) is -1.11. The first-order chi connectivity index (χ1) is 14.8. The highest BCUT2D eigenvalue weighted by atomic mass is 32.1. The van der Waals surface area contributed by atoms with Crippen LogP contribution in [0.3, 0.4) is 0 Å². The van der Waals surface area contributed by atoms with Crippen LogP contribution in [0.5, 0.6) is 0 Å². The minimum Gasteiger partial charge on any atom is -0.465 e. The Balaban J connectivity index is 1.36. The van der Waals surface area contributed by atoms with Crippen molar-refractivity contribution >= 4 is 35.1 Å². The van der Waals surface area contributed by atoms with E-state index in [0.29, 0.717) is 12.2 Å². The monoisotopic (exact) mass is 440 g/mol. The van der Waals surface area contributed by atoms with Crippen molar-refractivity contribution in [2.45, 2.75) is 50.4 Å². The number of thiocarbonyl (C=S) groups is 1. The number of esters is 1. The van der Waals surface area contributed by atoms with Crippen LogP contribution < -0.4 is 5.32 Å². The van der Waals surface area contributed by atoms with E-state index < -0.39 is 23.2 Å². The maximum Gasteiger partial charge on any atom is 0.307 e. The Labute approximate surface area is 187 Å². The molecule has 1 aliphatic heterocycles. The molecule has 1 aromatic carbocycles. The highest BCUT2D eigenvalue weighted by Gasteiger charge is 2.55. The van der Waals surface area contributed by atoms with Gasteiger partial charge in [0.25, 0.3) is 0 Å². The van der Waals surface area contributed by atoms with E-state index in [-0.39, 0.29) is 16.9 Å². The molecule has 1 saturated heterocycles. The summed E-state index contributed by atoms with van der Waals surface area (Å²) in [5.74, 6) is 0.713. The van der Waals surface area contributed by atoms with Crippen molar-refractivity contribution in [3.05, 3.63) is 35.9 Å². The van der Waals surface area contributed by atoms with E-state index in [1.54, 1.807) is 24.3 Å². The molecule has 6 nitrogen and oxygen atoms in total. The van der Waals surface area contributed by atoms with E-state index >= 15 is 0 Å². The van der Waals surface area contributed by atoms with E-state index in [0.717, 1.165) is 37.0 Å². The topological polar surface area (TPSA) is 75.7 Å². The maximum absolute atomic E-state index is 13.3. The zero-order valence-electron chi connectivity index (χ0n) is 17.8. The molecule has 1 atom stereocenters. The number of likely N-dealkylation sites (N-methyl/N-ethyl adjacent to an activating group) is 1. The summed E-state index contributed by atoms with van der Waals surface area (Å²) in [6.45, 7) is 0.393. The second-order valence-electron chi connectivity index (χ2n) is 10.1. The molecule has 0 spiro atoms. The van der Waals surface area contributed by atoms with E-state index in [4.69, 9.17) is 17.0 Å². The minimum absolute atomic E-state index is 0.0449. The Hall–Kier alpha value is -2.28. The lowest BCUT2D eigenvalue weighted by atomic mass is 9.50. The fourth-order valence-electron chi connectivity index (χ4n) is 6.97. The molecule has 1 unspecified atom stereocenters. The van der Waals surface area contributed by atoms with Crippen LogP contribution in [0, 0.1) is 23.2 Å². The Morgan fingerprint density at radius 1 is 1.10 bits per heavy atom. The second kappa shape index (κ2) is 7.40. The van der Waals surface area contributed by atoms with Gasteiger partial charge >= 0.3 is 5.97 Å². The van der Waals surface area contributed by atoms with Crippen LogP contribution in [0.25, 0.3) is 0 Å². The van der Waals surface area contributed by atoms with Gasteiger partial charge in [0.2, 0.25) is 11.8 Å². The molecule has 4 aliphatic carbocycles. The third-order valence-corrected chi connectivity index (χ3v) is 8.34. The lowest BCUT2D eigenvalue weighted by Gasteiger charge is -2.56. The van der Waals surface area contributed by atoms with Crippen molar-refractivity contribution < 1.29 is 19.1 Å². The lowest BCUT2D eigenvalue weighted by Crippen LogP contribution is -2.65. The Bertz CT molecular complexity index is 911. The largest absolute Gasteiger partial charge is 0.465 e. The first-order valence-electron chi connectivity index (χ1n) is 11.2. The van der Waals surface area contributed by atoms with Crippen molar-refractivity contribution in [2.75, 3.05) is 13.7 Å². The SMILES string of the molecule is CN1C(=O)C(CC(=O)OCC23CC4CC(CC(C4)C2)C3)(c2ccccc2)C(=O)NC1=S. The van der Waals surface area contributed by atoms with Gasteiger partial charge in [0.15, 0.2) is 10.5 Å². The summed E-state index contributed by atoms with van der Waals surface area (Å²) in [4.78, 5) is 40.7. The molecule has 7 heteroatoms. The van der Waals surface area contributed by atoms with Gasteiger partial charge in [-0.05, 0) is 74.1 Å². The van der Waals surface area contributed by atoms with Gasteiger partial charge in [-0.25, -0.2) is 0 Å². The van der Waals surface area contributed by atoms with E-state index in [2.05, 4.69) is 5.32 Å². The standard InChI is InChI=1S/C24H28N2O4S/c1-26-21(29)24(20(28)25-22(26)31,18-5-3-2-4-6-18)13-19(27)30-14-23-10-15-7-16(11-23)9-17(8-15)12-23/h2-6,15-17H,7-14H2,1H3,(H,25,28,31). The van der Waals surface area contributed by atoms with Crippen molar-refractivity contribution in [3.63, 3.8) is 0 Å². The molecule has 1 aromatic rings. The fourth-order valence-corrected chi connectivity index (χ4v) is 7.14. The van der Waals surface area contributed by atoms with Gasteiger partial charge in [0.1, 0.15) is 0 Å². The predicted molar refractivity (Wildman–Crippen MR) is 118 cm³/mol. The van der Waals surface area contributed by atoms with Crippen LogP contribution in [0.1, 0.15) is 50.5 Å². The van der Waals surface area contributed by atoms with Crippen LogP contribution in [0.2, 0.25) is 0 Å². The molecule has 6 rings (SSSR count). The zero-order valence-corrected chi connectivity index (χ0v) is 18.6. The molecule has 1 heterocycles. The van der Waals surface area contributed by atoms with Crippen molar-refractivity contribution in [2.24, 2.45) is 23.2 Å². The van der Waals surface area contributed by atoms with Crippen LogP contribution >= 0.6 is 12.2 Å². The summed E-state index contributed by atoms with van der Waals surface area (Å²) in [7, 11) is 1.52. The van der Waals surface area contributed by atoms with E-state index in [1.807, 2.05) is 6.07 Å². The number of hydrogen-bond acceptors (Lipinski definition) is 5. The number of carbonyl (C=O) groups excluding carboxylic acids is 3. The van der Waals surface area contributed by atoms with Gasteiger partial charge in [0.05, 0.1) is 13.0 Å². The summed E-state index contributed by atoms with van der Waals surface area (Å²) < 4.78 is 5.81. The fraction of sp³-hybridized carbons (Fsp3) is 0.583. The molecule has 2 amide bonds. The molecule has 164 valence electrons. The molecule has 5 fully saturated rings. The molecule has 0 radical (unpaired) electrons. The van der Waals surface area contributed by atoms with Crippen LogP contribution in [0.4, 0.5) is 0 Å².